The highest BCUT2D eigenvalue weighted by molar-refractivity contribution is 6.05. The van der Waals surface area contributed by atoms with E-state index in [9.17, 15) is 4.79 Å². The van der Waals surface area contributed by atoms with Crippen molar-refractivity contribution in [1.29, 1.82) is 0 Å². The van der Waals surface area contributed by atoms with Gasteiger partial charge in [0.1, 0.15) is 17.6 Å². The van der Waals surface area contributed by atoms with Crippen LogP contribution in [-0.4, -0.2) is 66.2 Å². The van der Waals surface area contributed by atoms with Crippen LogP contribution in [0.3, 0.4) is 0 Å². The maximum Gasteiger partial charge on any atom is 0.247 e. The zero-order chi connectivity index (χ0) is 18.5. The van der Waals surface area contributed by atoms with Crippen LogP contribution in [0.4, 0.5) is 17.3 Å². The Morgan fingerprint density at radius 2 is 2.12 bits per heavy atom. The molecule has 0 aromatic carbocycles. The summed E-state index contributed by atoms with van der Waals surface area (Å²) in [5, 5.41) is 9.66. The normalized spacial score (nSPS) is 21.5. The van der Waals surface area contributed by atoms with Gasteiger partial charge in [0.2, 0.25) is 5.91 Å². The fourth-order valence-electron chi connectivity index (χ4n) is 3.31. The average Bonchev–Trinajstić information content (AvgIpc) is 2.65. The maximum absolute atomic E-state index is 12.5. The quantitative estimate of drug-likeness (QED) is 0.636. The standard InChI is InChI=1S/C18H30N6O2/c1-4-12(2)14-18(25)23-15-16(20-13(3)21-17(15)22-14)19-6-5-7-24-8-10-26-11-9-24/h12,14H,4-11H2,1-3H3,(H,23,25)(H2,19,20,21,22). The Morgan fingerprint density at radius 3 is 2.85 bits per heavy atom. The summed E-state index contributed by atoms with van der Waals surface area (Å²) in [5.74, 6) is 2.31. The smallest absolute Gasteiger partial charge is 0.247 e. The van der Waals surface area contributed by atoms with Crippen molar-refractivity contribution in [2.75, 3.05) is 55.3 Å². The molecule has 8 heteroatoms. The molecule has 0 spiro atoms. The molecule has 1 aromatic rings. The summed E-state index contributed by atoms with van der Waals surface area (Å²) >= 11 is 0. The minimum atomic E-state index is -0.254. The van der Waals surface area contributed by atoms with Crippen LogP contribution < -0.4 is 16.0 Å². The second-order valence-corrected chi connectivity index (χ2v) is 7.07. The van der Waals surface area contributed by atoms with Gasteiger partial charge in [-0.3, -0.25) is 9.69 Å². The van der Waals surface area contributed by atoms with E-state index < -0.39 is 0 Å². The third-order valence-electron chi connectivity index (χ3n) is 5.10. The zero-order valence-electron chi connectivity index (χ0n) is 16.0. The largest absolute Gasteiger partial charge is 0.379 e. The number of fused-ring (bicyclic) bond motifs is 1. The van der Waals surface area contributed by atoms with E-state index in [4.69, 9.17) is 4.74 Å². The molecule has 2 aliphatic heterocycles. The highest BCUT2D eigenvalue weighted by atomic mass is 16.5. The van der Waals surface area contributed by atoms with Crippen molar-refractivity contribution in [1.82, 2.24) is 14.9 Å². The van der Waals surface area contributed by atoms with Gasteiger partial charge in [0.15, 0.2) is 11.6 Å². The monoisotopic (exact) mass is 362 g/mol. The van der Waals surface area contributed by atoms with Crippen LogP contribution in [0.1, 0.15) is 32.5 Å². The molecule has 1 aromatic heterocycles. The number of aromatic nitrogens is 2. The summed E-state index contributed by atoms with van der Waals surface area (Å²) in [6.07, 6.45) is 1.94. The second kappa shape index (κ2) is 8.64. The van der Waals surface area contributed by atoms with Crippen LogP contribution in [0.5, 0.6) is 0 Å². The molecule has 0 aliphatic carbocycles. The Kier molecular flexibility index (Phi) is 6.26. The van der Waals surface area contributed by atoms with Crippen LogP contribution in [0.25, 0.3) is 0 Å². The first kappa shape index (κ1) is 18.8. The van der Waals surface area contributed by atoms with E-state index in [1.54, 1.807) is 0 Å². The minimum Gasteiger partial charge on any atom is -0.379 e. The molecule has 144 valence electrons. The number of morpholine rings is 1. The zero-order valence-corrected chi connectivity index (χ0v) is 16.0. The van der Waals surface area contributed by atoms with Gasteiger partial charge in [-0.05, 0) is 25.8 Å². The number of hydrogen-bond donors (Lipinski definition) is 3. The number of carbonyl (C=O) groups excluding carboxylic acids is 1. The molecule has 2 atom stereocenters. The molecule has 8 nitrogen and oxygen atoms in total. The van der Waals surface area contributed by atoms with E-state index in [0.29, 0.717) is 23.1 Å². The van der Waals surface area contributed by atoms with Gasteiger partial charge in [-0.25, -0.2) is 9.97 Å². The summed E-state index contributed by atoms with van der Waals surface area (Å²) in [6, 6.07) is -0.254. The summed E-state index contributed by atoms with van der Waals surface area (Å²) in [5.41, 5.74) is 0.659. The van der Waals surface area contributed by atoms with Crippen molar-refractivity contribution in [2.24, 2.45) is 5.92 Å². The predicted molar refractivity (Wildman–Crippen MR) is 103 cm³/mol. The predicted octanol–water partition coefficient (Wildman–Crippen LogP) is 1.70. The highest BCUT2D eigenvalue weighted by Gasteiger charge is 2.32. The number of hydrogen-bond acceptors (Lipinski definition) is 7. The second-order valence-electron chi connectivity index (χ2n) is 7.07. The summed E-state index contributed by atoms with van der Waals surface area (Å²) in [4.78, 5) is 23.8. The van der Waals surface area contributed by atoms with E-state index >= 15 is 0 Å². The van der Waals surface area contributed by atoms with Crippen molar-refractivity contribution in [3.63, 3.8) is 0 Å². The Hall–Kier alpha value is -1.93. The highest BCUT2D eigenvalue weighted by Crippen LogP contribution is 2.33. The number of aryl methyl sites for hydroxylation is 1. The third kappa shape index (κ3) is 4.42. The molecule has 26 heavy (non-hydrogen) atoms. The van der Waals surface area contributed by atoms with Crippen molar-refractivity contribution in [2.45, 2.75) is 39.7 Å². The van der Waals surface area contributed by atoms with E-state index in [0.717, 1.165) is 52.2 Å². The molecule has 3 heterocycles. The van der Waals surface area contributed by atoms with Gasteiger partial charge in [0.05, 0.1) is 13.2 Å². The lowest BCUT2D eigenvalue weighted by atomic mass is 9.97. The molecule has 1 fully saturated rings. The van der Waals surface area contributed by atoms with Crippen molar-refractivity contribution in [3.05, 3.63) is 5.82 Å². The van der Waals surface area contributed by atoms with Crippen LogP contribution >= 0.6 is 0 Å². The molecule has 0 bridgehead atoms. The first-order valence-corrected chi connectivity index (χ1v) is 9.58. The number of nitrogens with one attached hydrogen (secondary N) is 3. The van der Waals surface area contributed by atoms with Crippen LogP contribution in [0.2, 0.25) is 0 Å². The fraction of sp³-hybridized carbons (Fsp3) is 0.722. The van der Waals surface area contributed by atoms with Crippen LogP contribution in [0.15, 0.2) is 0 Å². The summed E-state index contributed by atoms with van der Waals surface area (Å²) < 4.78 is 5.37. The lowest BCUT2D eigenvalue weighted by molar-refractivity contribution is -0.118. The van der Waals surface area contributed by atoms with Gasteiger partial charge in [0.25, 0.3) is 0 Å². The Balaban J connectivity index is 1.62. The van der Waals surface area contributed by atoms with E-state index in [1.165, 1.54) is 0 Å². The number of ether oxygens (including phenoxy) is 1. The molecule has 1 amide bonds. The van der Waals surface area contributed by atoms with Crippen molar-refractivity contribution >= 4 is 23.2 Å². The Bertz CT molecular complexity index is 632. The molecule has 2 aliphatic rings. The van der Waals surface area contributed by atoms with Crippen molar-refractivity contribution in [3.8, 4) is 0 Å². The molecular weight excluding hydrogens is 332 g/mol. The molecule has 3 N–H and O–H groups in total. The maximum atomic E-state index is 12.5. The lowest BCUT2D eigenvalue weighted by Gasteiger charge is -2.30. The molecular formula is C18H30N6O2. The first-order valence-electron chi connectivity index (χ1n) is 9.58. The Morgan fingerprint density at radius 1 is 1.35 bits per heavy atom. The van der Waals surface area contributed by atoms with Crippen LogP contribution in [0, 0.1) is 12.8 Å². The first-order chi connectivity index (χ1) is 12.6. The number of amides is 1. The van der Waals surface area contributed by atoms with E-state index in [2.05, 4.69) is 44.7 Å². The van der Waals surface area contributed by atoms with Gasteiger partial charge >= 0.3 is 0 Å². The third-order valence-corrected chi connectivity index (χ3v) is 5.10. The number of nitrogens with zero attached hydrogens (tertiary/aromatic N) is 3. The fourth-order valence-corrected chi connectivity index (χ4v) is 3.31. The van der Waals surface area contributed by atoms with Gasteiger partial charge in [-0.1, -0.05) is 20.3 Å². The molecule has 0 radical (unpaired) electrons. The van der Waals surface area contributed by atoms with Gasteiger partial charge in [-0.15, -0.1) is 0 Å². The van der Waals surface area contributed by atoms with E-state index in [-0.39, 0.29) is 17.9 Å². The summed E-state index contributed by atoms with van der Waals surface area (Å²) in [6.45, 7) is 11.5. The average molecular weight is 362 g/mol. The SMILES string of the molecule is CCC(C)C1Nc2nc(C)nc(NCCCN3CCOCC3)c2NC1=O. The van der Waals surface area contributed by atoms with E-state index in [1.807, 2.05) is 6.92 Å². The molecule has 0 saturated carbocycles. The number of rotatable bonds is 7. The lowest BCUT2D eigenvalue weighted by Crippen LogP contribution is -2.44. The topological polar surface area (TPSA) is 91.4 Å². The van der Waals surface area contributed by atoms with Crippen LogP contribution in [-0.2, 0) is 9.53 Å². The van der Waals surface area contributed by atoms with Gasteiger partial charge in [0, 0.05) is 19.6 Å². The van der Waals surface area contributed by atoms with Crippen molar-refractivity contribution < 1.29 is 9.53 Å². The Labute approximate surface area is 155 Å². The molecule has 1 saturated heterocycles. The number of carbonyl (C=O) groups is 1. The number of anilines is 3. The minimum absolute atomic E-state index is 0.0179. The van der Waals surface area contributed by atoms with Gasteiger partial charge < -0.3 is 20.7 Å². The molecule has 2 unspecified atom stereocenters. The van der Waals surface area contributed by atoms with Gasteiger partial charge in [-0.2, -0.15) is 0 Å². The summed E-state index contributed by atoms with van der Waals surface area (Å²) in [7, 11) is 0. The molecule has 3 rings (SSSR count).